The predicted octanol–water partition coefficient (Wildman–Crippen LogP) is 1.99. The third-order valence-corrected chi connectivity index (χ3v) is 3.69. The summed E-state index contributed by atoms with van der Waals surface area (Å²) in [5.41, 5.74) is 0.373. The smallest absolute Gasteiger partial charge is 0.105 e. The molecule has 1 saturated heterocycles. The van der Waals surface area contributed by atoms with E-state index in [9.17, 15) is 5.11 Å². The fraction of sp³-hybridized carbons (Fsp3) is 0.538. The molecule has 2 rings (SSSR count). The van der Waals surface area contributed by atoms with Crippen LogP contribution in [0.4, 0.5) is 0 Å². The van der Waals surface area contributed by atoms with Gasteiger partial charge in [0.1, 0.15) is 5.60 Å². The molecule has 0 saturated carbocycles. The molecule has 0 aromatic heterocycles. The van der Waals surface area contributed by atoms with Crippen molar-refractivity contribution in [2.45, 2.75) is 31.4 Å². The lowest BCUT2D eigenvalue weighted by Gasteiger charge is -2.44. The van der Waals surface area contributed by atoms with Crippen molar-refractivity contribution < 1.29 is 5.11 Å². The summed E-state index contributed by atoms with van der Waals surface area (Å²) in [6, 6.07) is 10.2. The van der Waals surface area contributed by atoms with Crippen molar-refractivity contribution in [1.29, 1.82) is 0 Å². The molecule has 0 spiro atoms. The van der Waals surface area contributed by atoms with Crippen LogP contribution >= 0.6 is 0 Å². The van der Waals surface area contributed by atoms with Gasteiger partial charge in [-0.25, -0.2) is 0 Å². The number of hydrogen-bond donors (Lipinski definition) is 1. The van der Waals surface area contributed by atoms with Gasteiger partial charge < -0.3 is 10.0 Å². The molecule has 1 N–H and O–H groups in total. The number of rotatable bonds is 1. The molecule has 1 aromatic rings. The third-order valence-electron chi connectivity index (χ3n) is 3.69. The van der Waals surface area contributed by atoms with Gasteiger partial charge in [-0.05, 0) is 38.9 Å². The van der Waals surface area contributed by atoms with E-state index in [4.69, 9.17) is 0 Å². The van der Waals surface area contributed by atoms with Gasteiger partial charge in [0.2, 0.25) is 0 Å². The van der Waals surface area contributed by atoms with Gasteiger partial charge in [0.05, 0.1) is 0 Å². The molecule has 82 valence electrons. The van der Waals surface area contributed by atoms with Crippen molar-refractivity contribution in [3.05, 3.63) is 35.9 Å². The maximum atomic E-state index is 10.7. The molecule has 15 heavy (non-hydrogen) atoms. The molecule has 2 heteroatoms. The highest BCUT2D eigenvalue weighted by Gasteiger charge is 2.40. The predicted molar refractivity (Wildman–Crippen MR) is 61.7 cm³/mol. The number of likely N-dealkylation sites (N-methyl/N-ethyl adjacent to an activating group) is 1. The summed E-state index contributed by atoms with van der Waals surface area (Å²) in [6.07, 6.45) is 1.93. The van der Waals surface area contributed by atoms with Gasteiger partial charge in [-0.15, -0.1) is 0 Å². The van der Waals surface area contributed by atoms with Crippen molar-refractivity contribution in [2.75, 3.05) is 13.6 Å². The van der Waals surface area contributed by atoms with Crippen LogP contribution in [-0.4, -0.2) is 29.6 Å². The third kappa shape index (κ3) is 1.80. The number of likely N-dealkylation sites (tertiary alicyclic amines) is 1. The highest BCUT2D eigenvalue weighted by Crippen LogP contribution is 2.35. The van der Waals surface area contributed by atoms with E-state index in [-0.39, 0.29) is 6.04 Å². The molecule has 2 nitrogen and oxygen atoms in total. The van der Waals surface area contributed by atoms with Gasteiger partial charge in [-0.3, -0.25) is 0 Å². The van der Waals surface area contributed by atoms with Crippen molar-refractivity contribution in [2.24, 2.45) is 0 Å². The van der Waals surface area contributed by atoms with Crippen molar-refractivity contribution in [3.8, 4) is 0 Å². The minimum Gasteiger partial charge on any atom is -0.384 e. The normalized spacial score (nSPS) is 32.9. The van der Waals surface area contributed by atoms with Crippen LogP contribution in [0.25, 0.3) is 0 Å². The second-order valence-corrected chi connectivity index (χ2v) is 4.55. The second-order valence-electron chi connectivity index (χ2n) is 4.55. The maximum absolute atomic E-state index is 10.7. The Bertz CT molecular complexity index is 325. The summed E-state index contributed by atoms with van der Waals surface area (Å²) in [7, 11) is 2.08. The van der Waals surface area contributed by atoms with Crippen LogP contribution in [0.5, 0.6) is 0 Å². The van der Waals surface area contributed by atoms with Crippen LogP contribution in [-0.2, 0) is 5.60 Å². The van der Waals surface area contributed by atoms with Crippen molar-refractivity contribution in [3.63, 3.8) is 0 Å². The number of aliphatic hydroxyl groups is 1. The standard InChI is InChI=1S/C13H19NO/c1-11-13(15,9-6-10-14(11)2)12-7-4-3-5-8-12/h3-5,7-8,11,15H,6,9-10H2,1-2H3/t11-,13+/m1/s1. The van der Waals surface area contributed by atoms with Gasteiger partial charge in [-0.1, -0.05) is 30.3 Å². The monoisotopic (exact) mass is 205 g/mol. The maximum Gasteiger partial charge on any atom is 0.105 e. The average Bonchev–Trinajstić information content (AvgIpc) is 2.27. The van der Waals surface area contributed by atoms with Crippen LogP contribution in [0.2, 0.25) is 0 Å². The summed E-state index contributed by atoms with van der Waals surface area (Å²) in [4.78, 5) is 2.23. The number of piperidine rings is 1. The van der Waals surface area contributed by atoms with Gasteiger partial charge in [0.25, 0.3) is 0 Å². The largest absolute Gasteiger partial charge is 0.384 e. The Balaban J connectivity index is 2.32. The second kappa shape index (κ2) is 3.95. The van der Waals surface area contributed by atoms with Crippen LogP contribution in [0.1, 0.15) is 25.3 Å². The van der Waals surface area contributed by atoms with Gasteiger partial charge in [0, 0.05) is 6.04 Å². The summed E-state index contributed by atoms with van der Waals surface area (Å²) in [5, 5.41) is 10.7. The Kier molecular flexibility index (Phi) is 2.81. The van der Waals surface area contributed by atoms with Crippen LogP contribution in [0.3, 0.4) is 0 Å². The molecule has 0 bridgehead atoms. The van der Waals surface area contributed by atoms with E-state index in [1.54, 1.807) is 0 Å². The fourth-order valence-electron chi connectivity index (χ4n) is 2.48. The molecule has 1 aromatic carbocycles. The first kappa shape index (κ1) is 10.7. The van der Waals surface area contributed by atoms with E-state index in [0.717, 1.165) is 24.9 Å². The quantitative estimate of drug-likeness (QED) is 0.758. The molecule has 1 heterocycles. The lowest BCUT2D eigenvalue weighted by atomic mass is 9.80. The zero-order chi connectivity index (χ0) is 10.9. The van der Waals surface area contributed by atoms with E-state index in [1.807, 2.05) is 30.3 Å². The minimum atomic E-state index is -0.672. The Morgan fingerprint density at radius 1 is 1.33 bits per heavy atom. The molecule has 0 radical (unpaired) electrons. The summed E-state index contributed by atoms with van der Waals surface area (Å²) in [5.74, 6) is 0. The zero-order valence-electron chi connectivity index (χ0n) is 9.48. The van der Waals surface area contributed by atoms with Crippen LogP contribution in [0.15, 0.2) is 30.3 Å². The molecular weight excluding hydrogens is 186 g/mol. The van der Waals surface area contributed by atoms with E-state index in [0.29, 0.717) is 0 Å². The minimum absolute atomic E-state index is 0.189. The van der Waals surface area contributed by atoms with Crippen LogP contribution in [0, 0.1) is 0 Å². The zero-order valence-corrected chi connectivity index (χ0v) is 9.48. The highest BCUT2D eigenvalue weighted by atomic mass is 16.3. The summed E-state index contributed by atoms with van der Waals surface area (Å²) in [6.45, 7) is 3.18. The molecule has 2 atom stereocenters. The Hall–Kier alpha value is -0.860. The fourth-order valence-corrected chi connectivity index (χ4v) is 2.48. The number of benzene rings is 1. The first-order valence-electron chi connectivity index (χ1n) is 5.63. The van der Waals surface area contributed by atoms with Gasteiger partial charge in [0.15, 0.2) is 0 Å². The van der Waals surface area contributed by atoms with Gasteiger partial charge in [-0.2, -0.15) is 0 Å². The van der Waals surface area contributed by atoms with E-state index in [2.05, 4.69) is 18.9 Å². The number of hydrogen-bond acceptors (Lipinski definition) is 2. The highest BCUT2D eigenvalue weighted by molar-refractivity contribution is 5.24. The average molecular weight is 205 g/mol. The first-order chi connectivity index (χ1) is 7.14. The first-order valence-corrected chi connectivity index (χ1v) is 5.63. The van der Waals surface area contributed by atoms with Crippen molar-refractivity contribution in [1.82, 2.24) is 4.90 Å². The molecular formula is C13H19NO. The topological polar surface area (TPSA) is 23.5 Å². The van der Waals surface area contributed by atoms with E-state index < -0.39 is 5.60 Å². The van der Waals surface area contributed by atoms with E-state index >= 15 is 0 Å². The Labute approximate surface area is 91.5 Å². The Morgan fingerprint density at radius 2 is 2.00 bits per heavy atom. The molecule has 0 aliphatic carbocycles. The molecule has 0 unspecified atom stereocenters. The molecule has 1 aliphatic rings. The molecule has 0 amide bonds. The lowest BCUT2D eigenvalue weighted by Crippen LogP contribution is -2.51. The molecule has 1 fully saturated rings. The lowest BCUT2D eigenvalue weighted by molar-refractivity contribution is -0.0711. The van der Waals surface area contributed by atoms with Crippen LogP contribution < -0.4 is 0 Å². The molecule has 1 aliphatic heterocycles. The Morgan fingerprint density at radius 3 is 2.67 bits per heavy atom. The number of nitrogens with zero attached hydrogens (tertiary/aromatic N) is 1. The SMILES string of the molecule is C[C@H]1N(C)CCC[C@@]1(O)c1ccccc1. The van der Waals surface area contributed by atoms with Crippen molar-refractivity contribution >= 4 is 0 Å². The van der Waals surface area contributed by atoms with Gasteiger partial charge >= 0.3 is 0 Å². The summed E-state index contributed by atoms with van der Waals surface area (Å²) >= 11 is 0. The van der Waals surface area contributed by atoms with E-state index in [1.165, 1.54) is 0 Å². The summed E-state index contributed by atoms with van der Waals surface area (Å²) < 4.78 is 0.